The zero-order chi connectivity index (χ0) is 16.9. The SMILES string of the molecule is CC(=O)OC1C=C(C(=O)O)CCC=C(C)C(=O)C=CC1(C)C. The second-order valence-corrected chi connectivity index (χ2v) is 5.97. The average molecular weight is 306 g/mol. The fourth-order valence-electron chi connectivity index (χ4n) is 2.09. The molecule has 0 aromatic rings. The molecule has 1 rings (SSSR count). The van der Waals surface area contributed by atoms with Crippen molar-refractivity contribution in [1.29, 1.82) is 0 Å². The second-order valence-electron chi connectivity index (χ2n) is 5.97. The van der Waals surface area contributed by atoms with Crippen LogP contribution in [-0.4, -0.2) is 28.9 Å². The molecule has 0 aromatic carbocycles. The molecule has 5 heteroatoms. The van der Waals surface area contributed by atoms with Crippen LogP contribution in [0.4, 0.5) is 0 Å². The number of carbonyl (C=O) groups excluding carboxylic acids is 2. The highest BCUT2D eigenvalue weighted by Gasteiger charge is 2.30. The van der Waals surface area contributed by atoms with Gasteiger partial charge in [0.1, 0.15) is 6.10 Å². The van der Waals surface area contributed by atoms with Gasteiger partial charge in [0.25, 0.3) is 0 Å². The standard InChI is InChI=1S/C17H22O5/c1-11-6-5-7-13(16(20)21)10-15(22-12(2)18)17(3,4)9-8-14(11)19/h6,8-10,15H,5,7H2,1-4H3,(H,20,21). The normalized spacial score (nSPS) is 22.2. The summed E-state index contributed by atoms with van der Waals surface area (Å²) in [7, 11) is 0. The highest BCUT2D eigenvalue weighted by molar-refractivity contribution is 6.03. The summed E-state index contributed by atoms with van der Waals surface area (Å²) in [6.07, 6.45) is 6.25. The van der Waals surface area contributed by atoms with Crippen LogP contribution in [0, 0.1) is 5.41 Å². The minimum absolute atomic E-state index is 0.131. The van der Waals surface area contributed by atoms with E-state index >= 15 is 0 Å². The van der Waals surface area contributed by atoms with E-state index < -0.39 is 23.5 Å². The molecule has 22 heavy (non-hydrogen) atoms. The highest BCUT2D eigenvalue weighted by Crippen LogP contribution is 2.29. The average Bonchev–Trinajstić information content (AvgIpc) is 2.42. The molecule has 0 spiro atoms. The number of hydrogen-bond acceptors (Lipinski definition) is 4. The summed E-state index contributed by atoms with van der Waals surface area (Å²) < 4.78 is 5.26. The molecule has 1 aliphatic carbocycles. The van der Waals surface area contributed by atoms with Gasteiger partial charge in [-0.05, 0) is 37.5 Å². The van der Waals surface area contributed by atoms with Crippen LogP contribution in [0.15, 0.2) is 35.5 Å². The summed E-state index contributed by atoms with van der Waals surface area (Å²) in [5.41, 5.74) is 0.0426. The van der Waals surface area contributed by atoms with Crippen molar-refractivity contribution in [3.05, 3.63) is 35.5 Å². The molecule has 0 saturated carbocycles. The molecule has 0 heterocycles. The van der Waals surface area contributed by atoms with E-state index in [-0.39, 0.29) is 17.8 Å². The maximum absolute atomic E-state index is 12.0. The van der Waals surface area contributed by atoms with Crippen molar-refractivity contribution in [3.63, 3.8) is 0 Å². The van der Waals surface area contributed by atoms with Gasteiger partial charge in [0, 0.05) is 17.9 Å². The Kier molecular flexibility index (Phi) is 5.85. The number of hydrogen-bond donors (Lipinski definition) is 1. The first-order chi connectivity index (χ1) is 10.1. The predicted molar refractivity (Wildman–Crippen MR) is 82.2 cm³/mol. The monoisotopic (exact) mass is 306 g/mol. The fourth-order valence-corrected chi connectivity index (χ4v) is 2.09. The number of carboxylic acids is 1. The van der Waals surface area contributed by atoms with Gasteiger partial charge >= 0.3 is 11.9 Å². The van der Waals surface area contributed by atoms with Crippen molar-refractivity contribution in [1.82, 2.24) is 0 Å². The molecule has 5 nitrogen and oxygen atoms in total. The van der Waals surface area contributed by atoms with Gasteiger partial charge in [0.15, 0.2) is 5.78 Å². The van der Waals surface area contributed by atoms with Crippen molar-refractivity contribution < 1.29 is 24.2 Å². The van der Waals surface area contributed by atoms with Gasteiger partial charge in [-0.3, -0.25) is 9.59 Å². The maximum Gasteiger partial charge on any atom is 0.331 e. The summed E-state index contributed by atoms with van der Waals surface area (Å²) in [4.78, 5) is 34.7. The largest absolute Gasteiger partial charge is 0.478 e. The Morgan fingerprint density at radius 3 is 2.55 bits per heavy atom. The number of aliphatic carboxylic acids is 1. The third-order valence-electron chi connectivity index (χ3n) is 3.57. The van der Waals surface area contributed by atoms with Crippen LogP contribution in [0.5, 0.6) is 0 Å². The van der Waals surface area contributed by atoms with Gasteiger partial charge in [-0.15, -0.1) is 0 Å². The Balaban J connectivity index is 3.33. The third-order valence-corrected chi connectivity index (χ3v) is 3.57. The molecule has 1 atom stereocenters. The molecular formula is C17H22O5. The van der Waals surface area contributed by atoms with Crippen molar-refractivity contribution in [2.45, 2.75) is 46.6 Å². The van der Waals surface area contributed by atoms with Gasteiger partial charge in [-0.2, -0.15) is 0 Å². The van der Waals surface area contributed by atoms with E-state index in [1.807, 2.05) is 0 Å². The van der Waals surface area contributed by atoms with Crippen LogP contribution in [0.3, 0.4) is 0 Å². The Morgan fingerprint density at radius 1 is 1.36 bits per heavy atom. The Hall–Kier alpha value is -2.17. The number of ketones is 1. The molecule has 1 aliphatic rings. The number of carbonyl (C=O) groups is 3. The molecule has 0 saturated heterocycles. The molecule has 0 aliphatic heterocycles. The van der Waals surface area contributed by atoms with Crippen LogP contribution >= 0.6 is 0 Å². The van der Waals surface area contributed by atoms with Gasteiger partial charge in [0.05, 0.1) is 0 Å². The summed E-state index contributed by atoms with van der Waals surface area (Å²) in [6, 6.07) is 0. The van der Waals surface area contributed by atoms with E-state index in [0.717, 1.165) is 0 Å². The number of rotatable bonds is 2. The Morgan fingerprint density at radius 2 is 2.00 bits per heavy atom. The van der Waals surface area contributed by atoms with Crippen LogP contribution in [0.25, 0.3) is 0 Å². The van der Waals surface area contributed by atoms with Crippen LogP contribution in [-0.2, 0) is 19.1 Å². The molecule has 0 bridgehead atoms. The Labute approximate surface area is 130 Å². The molecule has 0 aromatic heterocycles. The molecule has 0 radical (unpaired) electrons. The Bertz CT molecular complexity index is 564. The van der Waals surface area contributed by atoms with Gasteiger partial charge in [-0.25, -0.2) is 4.79 Å². The van der Waals surface area contributed by atoms with E-state index in [1.54, 1.807) is 32.9 Å². The maximum atomic E-state index is 12.0. The lowest BCUT2D eigenvalue weighted by atomic mass is 9.84. The lowest BCUT2D eigenvalue weighted by Crippen LogP contribution is -2.31. The first kappa shape index (κ1) is 17.9. The van der Waals surface area contributed by atoms with Crippen molar-refractivity contribution in [2.75, 3.05) is 0 Å². The molecule has 1 unspecified atom stereocenters. The molecule has 0 fully saturated rings. The number of allylic oxidation sites excluding steroid dienone is 3. The summed E-state index contributed by atoms with van der Waals surface area (Å²) in [5, 5.41) is 9.31. The predicted octanol–water partition coefficient (Wildman–Crippen LogP) is 2.82. The van der Waals surface area contributed by atoms with Crippen molar-refractivity contribution in [2.24, 2.45) is 5.41 Å². The first-order valence-electron chi connectivity index (χ1n) is 7.15. The lowest BCUT2D eigenvalue weighted by Gasteiger charge is -2.29. The lowest BCUT2D eigenvalue weighted by molar-refractivity contribution is -0.148. The van der Waals surface area contributed by atoms with Crippen LogP contribution in [0.2, 0.25) is 0 Å². The van der Waals surface area contributed by atoms with E-state index in [9.17, 15) is 19.5 Å². The minimum Gasteiger partial charge on any atom is -0.478 e. The van der Waals surface area contributed by atoms with Crippen LogP contribution in [0.1, 0.15) is 40.5 Å². The van der Waals surface area contributed by atoms with E-state index in [2.05, 4.69) is 0 Å². The first-order valence-corrected chi connectivity index (χ1v) is 7.15. The summed E-state index contributed by atoms with van der Waals surface area (Å²) >= 11 is 0. The van der Waals surface area contributed by atoms with Crippen molar-refractivity contribution >= 4 is 17.7 Å². The summed E-state index contributed by atoms with van der Waals surface area (Å²) in [6.45, 7) is 6.55. The zero-order valence-electron chi connectivity index (χ0n) is 13.4. The fraction of sp³-hybridized carbons (Fsp3) is 0.471. The highest BCUT2D eigenvalue weighted by atomic mass is 16.5. The molecular weight excluding hydrogens is 284 g/mol. The van der Waals surface area contributed by atoms with E-state index in [4.69, 9.17) is 4.74 Å². The number of carboxylic acid groups (broad SMARTS) is 1. The van der Waals surface area contributed by atoms with E-state index in [0.29, 0.717) is 12.0 Å². The van der Waals surface area contributed by atoms with Gasteiger partial charge in [0.2, 0.25) is 0 Å². The smallest absolute Gasteiger partial charge is 0.331 e. The summed E-state index contributed by atoms with van der Waals surface area (Å²) in [5.74, 6) is -1.68. The van der Waals surface area contributed by atoms with Crippen molar-refractivity contribution in [3.8, 4) is 0 Å². The zero-order valence-corrected chi connectivity index (χ0v) is 13.4. The molecule has 120 valence electrons. The number of ether oxygens (including phenoxy) is 1. The quantitative estimate of drug-likeness (QED) is 0.793. The third kappa shape index (κ3) is 4.98. The number of esters is 1. The topological polar surface area (TPSA) is 80.7 Å². The van der Waals surface area contributed by atoms with E-state index in [1.165, 1.54) is 19.1 Å². The molecule has 1 N–H and O–H groups in total. The minimum atomic E-state index is -1.05. The van der Waals surface area contributed by atoms with Gasteiger partial charge in [-0.1, -0.05) is 26.0 Å². The second kappa shape index (κ2) is 7.20. The molecule has 0 amide bonds. The van der Waals surface area contributed by atoms with Gasteiger partial charge < -0.3 is 9.84 Å². The van der Waals surface area contributed by atoms with Crippen LogP contribution < -0.4 is 0 Å².